The van der Waals surface area contributed by atoms with Crippen LogP contribution in [0.15, 0.2) is 41.0 Å². The van der Waals surface area contributed by atoms with E-state index in [-0.39, 0.29) is 6.04 Å². The zero-order chi connectivity index (χ0) is 13.7. The van der Waals surface area contributed by atoms with Crippen molar-refractivity contribution in [3.05, 3.63) is 59.0 Å². The molecule has 2 nitrogen and oxygen atoms in total. The largest absolute Gasteiger partial charge is 0.467 e. The smallest absolute Gasteiger partial charge is 0.128 e. The van der Waals surface area contributed by atoms with Gasteiger partial charge in [-0.1, -0.05) is 37.6 Å². The van der Waals surface area contributed by atoms with Crippen molar-refractivity contribution in [1.29, 1.82) is 0 Å². The molecule has 0 spiro atoms. The van der Waals surface area contributed by atoms with Crippen LogP contribution in [-0.4, -0.2) is 7.05 Å². The number of aryl methyl sites for hydroxylation is 2. The summed E-state index contributed by atoms with van der Waals surface area (Å²) in [7, 11) is 1.97. The predicted octanol–water partition coefficient (Wildman–Crippen LogP) is 4.24. The molecule has 0 saturated heterocycles. The van der Waals surface area contributed by atoms with Crippen LogP contribution in [0.3, 0.4) is 0 Å². The molecule has 1 N–H and O–H groups in total. The second kappa shape index (κ2) is 6.58. The summed E-state index contributed by atoms with van der Waals surface area (Å²) in [5, 5.41) is 3.33. The Bertz CT molecular complexity index is 498. The lowest BCUT2D eigenvalue weighted by molar-refractivity contribution is 0.460. The molecule has 0 fully saturated rings. The highest BCUT2D eigenvalue weighted by atomic mass is 16.3. The molecule has 0 aliphatic rings. The van der Waals surface area contributed by atoms with Crippen molar-refractivity contribution in [2.75, 3.05) is 7.05 Å². The van der Waals surface area contributed by atoms with Crippen molar-refractivity contribution < 1.29 is 4.42 Å². The van der Waals surface area contributed by atoms with E-state index in [0.29, 0.717) is 0 Å². The Morgan fingerprint density at radius 2 is 1.89 bits per heavy atom. The summed E-state index contributed by atoms with van der Waals surface area (Å²) >= 11 is 0. The van der Waals surface area contributed by atoms with Gasteiger partial charge in [-0.3, -0.25) is 0 Å². The first-order valence-corrected chi connectivity index (χ1v) is 7.06. The first-order valence-electron chi connectivity index (χ1n) is 7.06. The van der Waals surface area contributed by atoms with Crippen molar-refractivity contribution in [1.82, 2.24) is 5.32 Å². The van der Waals surface area contributed by atoms with Crippen LogP contribution in [0.25, 0.3) is 0 Å². The van der Waals surface area contributed by atoms with Crippen LogP contribution in [0.4, 0.5) is 0 Å². The molecule has 1 aromatic carbocycles. The molecule has 1 atom stereocenters. The Morgan fingerprint density at radius 3 is 2.42 bits per heavy atom. The van der Waals surface area contributed by atoms with Gasteiger partial charge < -0.3 is 9.73 Å². The number of hydrogen-bond acceptors (Lipinski definition) is 2. The Balaban J connectivity index is 2.18. The summed E-state index contributed by atoms with van der Waals surface area (Å²) < 4.78 is 5.60. The minimum absolute atomic E-state index is 0.134. The molecule has 1 heterocycles. The SMILES string of the molecule is CCCCc1ccc(C(NC)c2occc2C)cc1. The molecule has 0 saturated carbocycles. The zero-order valence-electron chi connectivity index (χ0n) is 12.1. The second-order valence-electron chi connectivity index (χ2n) is 5.03. The lowest BCUT2D eigenvalue weighted by Gasteiger charge is -2.15. The average Bonchev–Trinajstić information content (AvgIpc) is 2.85. The van der Waals surface area contributed by atoms with Gasteiger partial charge >= 0.3 is 0 Å². The number of hydrogen-bond donors (Lipinski definition) is 1. The minimum atomic E-state index is 0.134. The lowest BCUT2D eigenvalue weighted by atomic mass is 9.99. The fourth-order valence-corrected chi connectivity index (χ4v) is 2.39. The van der Waals surface area contributed by atoms with Gasteiger partial charge in [-0.2, -0.15) is 0 Å². The molecule has 0 amide bonds. The highest BCUT2D eigenvalue weighted by molar-refractivity contribution is 5.32. The molecule has 0 aliphatic carbocycles. The van der Waals surface area contributed by atoms with Gasteiger partial charge in [0.2, 0.25) is 0 Å². The minimum Gasteiger partial charge on any atom is -0.467 e. The molecule has 2 aromatic rings. The first-order chi connectivity index (χ1) is 9.26. The van der Waals surface area contributed by atoms with Gasteiger partial charge in [0.1, 0.15) is 5.76 Å². The van der Waals surface area contributed by atoms with Crippen LogP contribution in [0.2, 0.25) is 0 Å². The summed E-state index contributed by atoms with van der Waals surface area (Å²) in [4.78, 5) is 0. The molecule has 0 aliphatic heterocycles. The third-order valence-electron chi connectivity index (χ3n) is 3.58. The van der Waals surface area contributed by atoms with Gasteiger partial charge in [0.05, 0.1) is 12.3 Å². The van der Waals surface area contributed by atoms with Crippen molar-refractivity contribution in [3.8, 4) is 0 Å². The van der Waals surface area contributed by atoms with Crippen LogP contribution in [-0.2, 0) is 6.42 Å². The van der Waals surface area contributed by atoms with Crippen LogP contribution < -0.4 is 5.32 Å². The summed E-state index contributed by atoms with van der Waals surface area (Å²) in [6.45, 7) is 4.31. The third kappa shape index (κ3) is 3.27. The average molecular weight is 257 g/mol. The van der Waals surface area contributed by atoms with Gasteiger partial charge in [-0.15, -0.1) is 0 Å². The second-order valence-corrected chi connectivity index (χ2v) is 5.03. The Kier molecular flexibility index (Phi) is 4.80. The highest BCUT2D eigenvalue weighted by Gasteiger charge is 2.17. The molecule has 2 heteroatoms. The monoisotopic (exact) mass is 257 g/mol. The Morgan fingerprint density at radius 1 is 1.16 bits per heavy atom. The maximum Gasteiger partial charge on any atom is 0.128 e. The molecule has 102 valence electrons. The molecule has 0 bridgehead atoms. The van der Waals surface area contributed by atoms with Crippen LogP contribution in [0.1, 0.15) is 48.3 Å². The van der Waals surface area contributed by atoms with E-state index in [1.807, 2.05) is 13.1 Å². The first kappa shape index (κ1) is 13.9. The number of nitrogens with one attached hydrogen (secondary N) is 1. The maximum absolute atomic E-state index is 5.60. The molecule has 0 radical (unpaired) electrons. The Labute approximate surface area is 115 Å². The van der Waals surface area contributed by atoms with E-state index in [1.54, 1.807) is 6.26 Å². The molecule has 19 heavy (non-hydrogen) atoms. The Hall–Kier alpha value is -1.54. The molecular weight excluding hydrogens is 234 g/mol. The fourth-order valence-electron chi connectivity index (χ4n) is 2.39. The molecule has 1 unspecified atom stereocenters. The molecular formula is C17H23NO. The summed E-state index contributed by atoms with van der Waals surface area (Å²) in [6, 6.07) is 11.0. The fraction of sp³-hybridized carbons (Fsp3) is 0.412. The van der Waals surface area contributed by atoms with E-state index in [0.717, 1.165) is 5.76 Å². The molecule has 2 rings (SSSR count). The van der Waals surface area contributed by atoms with Crippen LogP contribution in [0.5, 0.6) is 0 Å². The van der Waals surface area contributed by atoms with Crippen LogP contribution >= 0.6 is 0 Å². The topological polar surface area (TPSA) is 25.2 Å². The van der Waals surface area contributed by atoms with Gasteiger partial charge in [0.15, 0.2) is 0 Å². The quantitative estimate of drug-likeness (QED) is 0.837. The number of benzene rings is 1. The standard InChI is InChI=1S/C17H23NO/c1-4-5-6-14-7-9-15(10-8-14)16(18-3)17-13(2)11-12-19-17/h7-12,16,18H,4-6H2,1-3H3. The van der Waals surface area contributed by atoms with E-state index in [9.17, 15) is 0 Å². The highest BCUT2D eigenvalue weighted by Crippen LogP contribution is 2.25. The van der Waals surface area contributed by atoms with Gasteiger partial charge in [-0.05, 0) is 49.6 Å². The van der Waals surface area contributed by atoms with Crippen molar-refractivity contribution >= 4 is 0 Å². The van der Waals surface area contributed by atoms with E-state index < -0.39 is 0 Å². The lowest BCUT2D eigenvalue weighted by Crippen LogP contribution is -2.17. The normalized spacial score (nSPS) is 12.6. The number of rotatable bonds is 6. The van der Waals surface area contributed by atoms with E-state index >= 15 is 0 Å². The predicted molar refractivity (Wildman–Crippen MR) is 79.4 cm³/mol. The summed E-state index contributed by atoms with van der Waals surface area (Å²) in [6.07, 6.45) is 5.42. The third-order valence-corrected chi connectivity index (χ3v) is 3.58. The van der Waals surface area contributed by atoms with Crippen molar-refractivity contribution in [2.45, 2.75) is 39.2 Å². The van der Waals surface area contributed by atoms with Gasteiger partial charge in [-0.25, -0.2) is 0 Å². The van der Waals surface area contributed by atoms with Gasteiger partial charge in [0, 0.05) is 0 Å². The number of unbranched alkanes of at least 4 members (excludes halogenated alkanes) is 1. The van der Waals surface area contributed by atoms with E-state index in [2.05, 4.69) is 43.4 Å². The molecule has 1 aromatic heterocycles. The van der Waals surface area contributed by atoms with Crippen molar-refractivity contribution in [3.63, 3.8) is 0 Å². The summed E-state index contributed by atoms with van der Waals surface area (Å²) in [5.74, 6) is 1.00. The number of furan rings is 1. The van der Waals surface area contributed by atoms with E-state index in [4.69, 9.17) is 4.42 Å². The van der Waals surface area contributed by atoms with Crippen LogP contribution in [0, 0.1) is 6.92 Å². The van der Waals surface area contributed by atoms with Crippen molar-refractivity contribution in [2.24, 2.45) is 0 Å². The zero-order valence-corrected chi connectivity index (χ0v) is 12.1. The van der Waals surface area contributed by atoms with E-state index in [1.165, 1.54) is 36.0 Å². The summed E-state index contributed by atoms with van der Waals surface area (Å²) in [5.41, 5.74) is 3.85. The maximum atomic E-state index is 5.60. The van der Waals surface area contributed by atoms with Gasteiger partial charge in [0.25, 0.3) is 0 Å².